The molecule has 1 N–H and O–H groups in total. The largest absolute Gasteiger partial charge is 0.490 e. The third kappa shape index (κ3) is 7.17. The number of halogens is 2. The number of benzene rings is 3. The van der Waals surface area contributed by atoms with Crippen molar-refractivity contribution >= 4 is 40.3 Å². The maximum absolute atomic E-state index is 13.9. The van der Waals surface area contributed by atoms with Crippen molar-refractivity contribution in [1.82, 2.24) is 0 Å². The van der Waals surface area contributed by atoms with E-state index in [0.29, 0.717) is 36.7 Å². The summed E-state index contributed by atoms with van der Waals surface area (Å²) in [5.41, 5.74) is 2.22. The first kappa shape index (κ1) is 26.0. The fourth-order valence-corrected chi connectivity index (χ4v) is 3.66. The Morgan fingerprint density at radius 3 is 2.57 bits per heavy atom. The number of allylic oxidation sites excluding steroid dienone is 1. The molecule has 0 unspecified atom stereocenters. The molecule has 0 aromatic heterocycles. The number of hydrogen-bond acceptors (Lipinski definition) is 4. The van der Waals surface area contributed by atoms with Gasteiger partial charge in [-0.05, 0) is 89.5 Å². The van der Waals surface area contributed by atoms with Crippen LogP contribution in [-0.2, 0) is 17.8 Å². The smallest absolute Gasteiger partial charge is 0.266 e. The third-order valence-electron chi connectivity index (χ3n) is 4.91. The van der Waals surface area contributed by atoms with Crippen LogP contribution in [0.25, 0.3) is 6.08 Å². The van der Waals surface area contributed by atoms with E-state index in [1.165, 1.54) is 24.3 Å². The highest BCUT2D eigenvalue weighted by molar-refractivity contribution is 14.1. The number of nitriles is 1. The monoisotopic (exact) mass is 582 g/mol. The lowest BCUT2D eigenvalue weighted by Crippen LogP contribution is -2.14. The molecule has 3 rings (SSSR count). The molecular formula is C28H24FIN2O3. The standard InChI is InChI=1S/C28H24FIN2O3/c1-3-7-21-14-20(15-22(17-31)28(33)32-25-9-6-5-8-24(25)29)16-26(34-4-2)27(21)35-18-19-10-12-23(30)13-11-19/h3,5-6,8-16H,1,4,7,18H2,2H3,(H,32,33)/b22-15-. The summed E-state index contributed by atoms with van der Waals surface area (Å²) in [4.78, 5) is 12.6. The molecule has 0 atom stereocenters. The number of amides is 1. The normalized spacial score (nSPS) is 10.9. The summed E-state index contributed by atoms with van der Waals surface area (Å²) in [7, 11) is 0. The van der Waals surface area contributed by atoms with Gasteiger partial charge in [0.2, 0.25) is 0 Å². The zero-order valence-corrected chi connectivity index (χ0v) is 21.3. The number of para-hydroxylation sites is 1. The average Bonchev–Trinajstić information content (AvgIpc) is 2.85. The third-order valence-corrected chi connectivity index (χ3v) is 5.63. The number of nitrogens with one attached hydrogen (secondary N) is 1. The number of hydrogen-bond donors (Lipinski definition) is 1. The minimum atomic E-state index is -0.708. The molecular weight excluding hydrogens is 558 g/mol. The fourth-order valence-electron chi connectivity index (χ4n) is 3.30. The highest BCUT2D eigenvalue weighted by atomic mass is 127. The van der Waals surface area contributed by atoms with E-state index in [1.54, 1.807) is 18.2 Å². The molecule has 178 valence electrons. The van der Waals surface area contributed by atoms with E-state index in [-0.39, 0.29) is 11.3 Å². The maximum atomic E-state index is 13.9. The summed E-state index contributed by atoms with van der Waals surface area (Å²) in [5, 5.41) is 12.0. The van der Waals surface area contributed by atoms with Gasteiger partial charge in [0.25, 0.3) is 5.91 Å². The van der Waals surface area contributed by atoms with Crippen molar-refractivity contribution in [1.29, 1.82) is 5.26 Å². The van der Waals surface area contributed by atoms with Gasteiger partial charge in [-0.2, -0.15) is 5.26 Å². The zero-order chi connectivity index (χ0) is 25.2. The molecule has 35 heavy (non-hydrogen) atoms. The summed E-state index contributed by atoms with van der Waals surface area (Å²) in [6.07, 6.45) is 3.67. The second kappa shape index (κ2) is 12.7. The van der Waals surface area contributed by atoms with Gasteiger partial charge < -0.3 is 14.8 Å². The number of rotatable bonds is 10. The lowest BCUT2D eigenvalue weighted by molar-refractivity contribution is -0.112. The molecule has 0 aliphatic rings. The van der Waals surface area contributed by atoms with Crippen LogP contribution in [0.3, 0.4) is 0 Å². The van der Waals surface area contributed by atoms with E-state index in [0.717, 1.165) is 14.7 Å². The van der Waals surface area contributed by atoms with Crippen LogP contribution in [0.1, 0.15) is 23.6 Å². The van der Waals surface area contributed by atoms with Crippen molar-refractivity contribution in [2.75, 3.05) is 11.9 Å². The predicted molar refractivity (Wildman–Crippen MR) is 144 cm³/mol. The highest BCUT2D eigenvalue weighted by Crippen LogP contribution is 2.35. The Morgan fingerprint density at radius 1 is 1.17 bits per heavy atom. The molecule has 0 spiro atoms. The zero-order valence-electron chi connectivity index (χ0n) is 19.2. The Bertz CT molecular complexity index is 1280. The van der Waals surface area contributed by atoms with Crippen LogP contribution in [0.2, 0.25) is 0 Å². The summed E-state index contributed by atoms with van der Waals surface area (Å²) in [6.45, 7) is 6.44. The van der Waals surface area contributed by atoms with E-state index in [4.69, 9.17) is 9.47 Å². The Hall–Kier alpha value is -3.64. The molecule has 5 nitrogen and oxygen atoms in total. The topological polar surface area (TPSA) is 71.4 Å². The fraction of sp³-hybridized carbons (Fsp3) is 0.143. The maximum Gasteiger partial charge on any atom is 0.266 e. The van der Waals surface area contributed by atoms with Crippen molar-refractivity contribution in [3.05, 3.63) is 105 Å². The molecule has 1 amide bonds. The van der Waals surface area contributed by atoms with E-state index >= 15 is 0 Å². The summed E-state index contributed by atoms with van der Waals surface area (Å²) in [6, 6.07) is 19.2. The Morgan fingerprint density at radius 2 is 1.91 bits per heavy atom. The van der Waals surface area contributed by atoms with Gasteiger partial charge >= 0.3 is 0 Å². The van der Waals surface area contributed by atoms with E-state index in [2.05, 4.69) is 34.5 Å². The number of nitrogens with zero attached hydrogens (tertiary/aromatic N) is 1. The average molecular weight is 582 g/mol. The molecule has 7 heteroatoms. The van der Waals surface area contributed by atoms with Crippen LogP contribution < -0.4 is 14.8 Å². The molecule has 0 aliphatic carbocycles. The molecule has 0 heterocycles. The quantitative estimate of drug-likeness (QED) is 0.125. The van der Waals surface area contributed by atoms with Crippen molar-refractivity contribution in [2.45, 2.75) is 20.0 Å². The predicted octanol–water partition coefficient (Wildman–Crippen LogP) is 6.68. The SMILES string of the molecule is C=CCc1cc(/C=C(/C#N)C(=O)Nc2ccccc2F)cc(OCC)c1OCc1ccc(I)cc1. The Kier molecular flexibility index (Phi) is 9.44. The van der Waals surface area contributed by atoms with Gasteiger partial charge in [0.05, 0.1) is 12.3 Å². The number of ether oxygens (including phenoxy) is 2. The molecule has 0 bridgehead atoms. The lowest BCUT2D eigenvalue weighted by atomic mass is 10.0. The van der Waals surface area contributed by atoms with Gasteiger partial charge in [-0.25, -0.2) is 4.39 Å². The van der Waals surface area contributed by atoms with Crippen molar-refractivity contribution in [2.24, 2.45) is 0 Å². The van der Waals surface area contributed by atoms with Gasteiger partial charge in [-0.3, -0.25) is 4.79 Å². The number of anilines is 1. The summed E-state index contributed by atoms with van der Waals surface area (Å²) < 4.78 is 27.0. The minimum Gasteiger partial charge on any atom is -0.490 e. The van der Waals surface area contributed by atoms with E-state index in [9.17, 15) is 14.4 Å². The van der Waals surface area contributed by atoms with Crippen LogP contribution in [0.15, 0.2) is 78.9 Å². The molecule has 0 aliphatic heterocycles. The van der Waals surface area contributed by atoms with Crippen LogP contribution in [-0.4, -0.2) is 12.5 Å². The second-order valence-corrected chi connectivity index (χ2v) is 8.70. The number of carbonyl (C=O) groups is 1. The van der Waals surface area contributed by atoms with Crippen molar-refractivity contribution in [3.8, 4) is 17.6 Å². The lowest BCUT2D eigenvalue weighted by Gasteiger charge is -2.17. The molecule has 0 radical (unpaired) electrons. The second-order valence-electron chi connectivity index (χ2n) is 7.45. The van der Waals surface area contributed by atoms with E-state index in [1.807, 2.05) is 43.3 Å². The van der Waals surface area contributed by atoms with Gasteiger partial charge in [-0.15, -0.1) is 6.58 Å². The Balaban J connectivity index is 1.93. The first-order chi connectivity index (χ1) is 16.9. The van der Waals surface area contributed by atoms with Crippen LogP contribution in [0.4, 0.5) is 10.1 Å². The van der Waals surface area contributed by atoms with Crippen molar-refractivity contribution in [3.63, 3.8) is 0 Å². The van der Waals surface area contributed by atoms with E-state index < -0.39 is 11.7 Å². The first-order valence-electron chi connectivity index (χ1n) is 10.9. The molecule has 0 fully saturated rings. The van der Waals surface area contributed by atoms with Gasteiger partial charge in [0.15, 0.2) is 11.5 Å². The van der Waals surface area contributed by atoms with Crippen LogP contribution in [0, 0.1) is 20.7 Å². The molecule has 3 aromatic rings. The summed E-state index contributed by atoms with van der Waals surface area (Å²) in [5.74, 6) is -0.216. The Labute approximate surface area is 218 Å². The number of carbonyl (C=O) groups excluding carboxylic acids is 1. The minimum absolute atomic E-state index is 0.000323. The molecule has 3 aromatic carbocycles. The van der Waals surface area contributed by atoms with Gasteiger partial charge in [-0.1, -0.05) is 30.3 Å². The highest BCUT2D eigenvalue weighted by Gasteiger charge is 2.16. The van der Waals surface area contributed by atoms with Crippen molar-refractivity contribution < 1.29 is 18.7 Å². The first-order valence-corrected chi connectivity index (χ1v) is 12.0. The molecule has 0 saturated carbocycles. The molecule has 0 saturated heterocycles. The van der Waals surface area contributed by atoms with Gasteiger partial charge in [0.1, 0.15) is 24.1 Å². The van der Waals surface area contributed by atoms with Crippen LogP contribution in [0.5, 0.6) is 11.5 Å². The van der Waals surface area contributed by atoms with Gasteiger partial charge in [0, 0.05) is 9.13 Å². The summed E-state index contributed by atoms with van der Waals surface area (Å²) >= 11 is 2.25. The van der Waals surface area contributed by atoms with Crippen LogP contribution >= 0.6 is 22.6 Å².